The van der Waals surface area contributed by atoms with E-state index in [9.17, 15) is 9.59 Å². The number of carbonyl (C=O) groups is 2. The molecule has 1 atom stereocenters. The van der Waals surface area contributed by atoms with Gasteiger partial charge in [-0.2, -0.15) is 0 Å². The molecular formula is C18H18N2O2. The zero-order valence-electron chi connectivity index (χ0n) is 12.7. The number of hydrogen-bond donors (Lipinski definition) is 0. The number of hydrogen-bond acceptors (Lipinski definition) is 3. The van der Waals surface area contributed by atoms with Gasteiger partial charge in [-0.3, -0.25) is 14.6 Å². The van der Waals surface area contributed by atoms with E-state index in [1.54, 1.807) is 24.3 Å². The van der Waals surface area contributed by atoms with Gasteiger partial charge < -0.3 is 4.90 Å². The van der Waals surface area contributed by atoms with Gasteiger partial charge in [0.2, 0.25) is 5.91 Å². The molecule has 1 aliphatic heterocycles. The minimum atomic E-state index is -0.557. The van der Waals surface area contributed by atoms with E-state index in [-0.39, 0.29) is 11.7 Å². The standard InChI is InChI=1S/C18H18N2O2/c1-12-5-3-4-6-15(12)13-9-14(11-19-10-13)17(21)16-7-8-20(2)18(16)22/h3-6,9-11,16H,7-8H2,1-2H3. The van der Waals surface area contributed by atoms with Crippen LogP contribution in [-0.2, 0) is 4.79 Å². The average Bonchev–Trinajstić information content (AvgIpc) is 2.87. The number of amides is 1. The first-order valence-electron chi connectivity index (χ1n) is 7.38. The van der Waals surface area contributed by atoms with Crippen molar-refractivity contribution in [2.75, 3.05) is 13.6 Å². The third kappa shape index (κ3) is 2.52. The summed E-state index contributed by atoms with van der Waals surface area (Å²) in [5.41, 5.74) is 3.60. The van der Waals surface area contributed by atoms with E-state index >= 15 is 0 Å². The highest BCUT2D eigenvalue weighted by molar-refractivity contribution is 6.11. The number of aryl methyl sites for hydroxylation is 1. The molecule has 1 aromatic carbocycles. The lowest BCUT2D eigenvalue weighted by Crippen LogP contribution is -2.27. The van der Waals surface area contributed by atoms with E-state index in [0.717, 1.165) is 16.7 Å². The zero-order valence-corrected chi connectivity index (χ0v) is 12.7. The maximum atomic E-state index is 12.6. The van der Waals surface area contributed by atoms with Crippen LogP contribution < -0.4 is 0 Å². The molecule has 0 aliphatic carbocycles. The number of pyridine rings is 1. The fraction of sp³-hybridized carbons (Fsp3) is 0.278. The van der Waals surface area contributed by atoms with Crippen LogP contribution in [0, 0.1) is 12.8 Å². The molecule has 0 bridgehead atoms. The van der Waals surface area contributed by atoms with Gasteiger partial charge in [0.05, 0.1) is 0 Å². The molecule has 2 heterocycles. The van der Waals surface area contributed by atoms with Crippen LogP contribution in [0.2, 0.25) is 0 Å². The average molecular weight is 294 g/mol. The lowest BCUT2D eigenvalue weighted by atomic mass is 9.94. The molecule has 0 saturated carbocycles. The van der Waals surface area contributed by atoms with E-state index in [1.807, 2.05) is 37.3 Å². The van der Waals surface area contributed by atoms with Crippen LogP contribution in [-0.4, -0.2) is 35.2 Å². The predicted octanol–water partition coefficient (Wildman–Crippen LogP) is 2.72. The van der Waals surface area contributed by atoms with Crippen molar-refractivity contribution in [1.29, 1.82) is 0 Å². The van der Waals surface area contributed by atoms with Crippen LogP contribution in [0.1, 0.15) is 22.3 Å². The number of ketones is 1. The molecule has 112 valence electrons. The third-order valence-electron chi connectivity index (χ3n) is 4.22. The van der Waals surface area contributed by atoms with Crippen LogP contribution in [0.4, 0.5) is 0 Å². The first-order valence-corrected chi connectivity index (χ1v) is 7.38. The van der Waals surface area contributed by atoms with E-state index in [0.29, 0.717) is 18.5 Å². The monoisotopic (exact) mass is 294 g/mol. The van der Waals surface area contributed by atoms with Crippen molar-refractivity contribution in [1.82, 2.24) is 9.88 Å². The molecule has 0 spiro atoms. The lowest BCUT2D eigenvalue weighted by molar-refractivity contribution is -0.128. The number of carbonyl (C=O) groups excluding carboxylic acids is 2. The fourth-order valence-corrected chi connectivity index (χ4v) is 2.89. The second kappa shape index (κ2) is 5.72. The summed E-state index contributed by atoms with van der Waals surface area (Å²) >= 11 is 0. The molecule has 0 radical (unpaired) electrons. The van der Waals surface area contributed by atoms with Gasteiger partial charge in [-0.05, 0) is 30.5 Å². The Morgan fingerprint density at radius 2 is 2.05 bits per heavy atom. The van der Waals surface area contributed by atoms with Crippen LogP contribution >= 0.6 is 0 Å². The summed E-state index contributed by atoms with van der Waals surface area (Å²) in [7, 11) is 1.73. The normalized spacial score (nSPS) is 17.8. The molecule has 22 heavy (non-hydrogen) atoms. The molecule has 1 aliphatic rings. The largest absolute Gasteiger partial charge is 0.345 e. The number of nitrogens with zero attached hydrogens (tertiary/aromatic N) is 2. The van der Waals surface area contributed by atoms with Crippen molar-refractivity contribution in [3.63, 3.8) is 0 Å². The van der Waals surface area contributed by atoms with Gasteiger partial charge >= 0.3 is 0 Å². The second-order valence-corrected chi connectivity index (χ2v) is 5.74. The van der Waals surface area contributed by atoms with Gasteiger partial charge in [0, 0.05) is 37.1 Å². The summed E-state index contributed by atoms with van der Waals surface area (Å²) in [6.45, 7) is 2.67. The van der Waals surface area contributed by atoms with Crippen molar-refractivity contribution in [2.24, 2.45) is 5.92 Å². The molecule has 1 amide bonds. The Labute approximate surface area is 129 Å². The second-order valence-electron chi connectivity index (χ2n) is 5.74. The Morgan fingerprint density at radius 3 is 2.73 bits per heavy atom. The van der Waals surface area contributed by atoms with Gasteiger partial charge in [-0.15, -0.1) is 0 Å². The van der Waals surface area contributed by atoms with Crippen LogP contribution in [0.25, 0.3) is 11.1 Å². The van der Waals surface area contributed by atoms with Gasteiger partial charge in [-0.1, -0.05) is 24.3 Å². The minimum Gasteiger partial charge on any atom is -0.345 e. The summed E-state index contributed by atoms with van der Waals surface area (Å²) in [4.78, 5) is 30.4. The molecule has 4 nitrogen and oxygen atoms in total. The Hall–Kier alpha value is -2.49. The highest BCUT2D eigenvalue weighted by atomic mass is 16.2. The number of benzene rings is 1. The Morgan fingerprint density at radius 1 is 1.27 bits per heavy atom. The quantitative estimate of drug-likeness (QED) is 0.646. The first-order chi connectivity index (χ1) is 10.6. The molecule has 0 N–H and O–H groups in total. The van der Waals surface area contributed by atoms with Crippen LogP contribution in [0.15, 0.2) is 42.7 Å². The minimum absolute atomic E-state index is 0.0914. The van der Waals surface area contributed by atoms with E-state index < -0.39 is 5.92 Å². The molecule has 3 rings (SSSR count). The van der Waals surface area contributed by atoms with E-state index in [2.05, 4.69) is 4.98 Å². The summed E-state index contributed by atoms with van der Waals surface area (Å²) in [5, 5.41) is 0. The lowest BCUT2D eigenvalue weighted by Gasteiger charge is -2.11. The Kier molecular flexibility index (Phi) is 3.75. The maximum absolute atomic E-state index is 12.6. The highest BCUT2D eigenvalue weighted by Crippen LogP contribution is 2.26. The van der Waals surface area contributed by atoms with Crippen LogP contribution in [0.5, 0.6) is 0 Å². The van der Waals surface area contributed by atoms with Crippen molar-refractivity contribution in [2.45, 2.75) is 13.3 Å². The number of likely N-dealkylation sites (tertiary alicyclic amines) is 1. The van der Waals surface area contributed by atoms with Gasteiger partial charge in [0.25, 0.3) is 0 Å². The summed E-state index contributed by atoms with van der Waals surface area (Å²) in [5.74, 6) is -0.775. The summed E-state index contributed by atoms with van der Waals surface area (Å²) in [6, 6.07) is 9.82. The first kappa shape index (κ1) is 14.4. The summed E-state index contributed by atoms with van der Waals surface area (Å²) in [6.07, 6.45) is 3.89. The van der Waals surface area contributed by atoms with Crippen molar-refractivity contribution in [3.05, 3.63) is 53.9 Å². The Balaban J connectivity index is 1.93. The SMILES string of the molecule is Cc1ccccc1-c1cncc(C(=O)C2CCN(C)C2=O)c1. The smallest absolute Gasteiger partial charge is 0.233 e. The molecule has 1 aromatic heterocycles. The number of rotatable bonds is 3. The van der Waals surface area contributed by atoms with E-state index in [4.69, 9.17) is 0 Å². The number of Topliss-reactive ketones (excluding diaryl/α,β-unsaturated/α-hetero) is 1. The molecule has 1 saturated heterocycles. The van der Waals surface area contributed by atoms with Gasteiger partial charge in [-0.25, -0.2) is 0 Å². The molecule has 2 aromatic rings. The Bertz CT molecular complexity index is 739. The van der Waals surface area contributed by atoms with Crippen molar-refractivity contribution < 1.29 is 9.59 Å². The molecule has 1 unspecified atom stereocenters. The topological polar surface area (TPSA) is 50.3 Å². The molecular weight excluding hydrogens is 276 g/mol. The van der Waals surface area contributed by atoms with Gasteiger partial charge in [0.15, 0.2) is 5.78 Å². The molecule has 4 heteroatoms. The van der Waals surface area contributed by atoms with Crippen molar-refractivity contribution >= 4 is 11.7 Å². The molecule has 1 fully saturated rings. The third-order valence-corrected chi connectivity index (χ3v) is 4.22. The van der Waals surface area contributed by atoms with Gasteiger partial charge in [0.1, 0.15) is 5.92 Å². The maximum Gasteiger partial charge on any atom is 0.233 e. The van der Waals surface area contributed by atoms with Crippen LogP contribution in [0.3, 0.4) is 0 Å². The highest BCUT2D eigenvalue weighted by Gasteiger charge is 2.35. The van der Waals surface area contributed by atoms with E-state index in [1.165, 1.54) is 0 Å². The number of aromatic nitrogens is 1. The van der Waals surface area contributed by atoms with Crippen molar-refractivity contribution in [3.8, 4) is 11.1 Å². The predicted molar refractivity (Wildman–Crippen MR) is 84.5 cm³/mol. The summed E-state index contributed by atoms with van der Waals surface area (Å²) < 4.78 is 0. The fourth-order valence-electron chi connectivity index (χ4n) is 2.89. The zero-order chi connectivity index (χ0) is 15.7.